The number of aliphatic hydroxyl groups is 1. The number of hydrogen-bond donors (Lipinski definition) is 1. The number of nitriles is 1. The second-order valence-electron chi connectivity index (χ2n) is 16.9. The highest BCUT2D eigenvalue weighted by Crippen LogP contribution is 2.47. The molecule has 0 bridgehead atoms. The summed E-state index contributed by atoms with van der Waals surface area (Å²) >= 11 is 1.65. The Kier molecular flexibility index (Phi) is 12.4. The Morgan fingerprint density at radius 2 is 1.50 bits per heavy atom. The number of anilines is 2. The van der Waals surface area contributed by atoms with Gasteiger partial charge in [-0.15, -0.1) is 11.8 Å². The molecule has 1 aliphatic carbocycles. The average Bonchev–Trinajstić information content (AvgIpc) is 3.35. The van der Waals surface area contributed by atoms with Crippen molar-refractivity contribution in [3.05, 3.63) is 156 Å². The van der Waals surface area contributed by atoms with Crippen molar-refractivity contribution in [2.45, 2.75) is 41.6 Å². The molecular weight excluding hydrogens is 817 g/mol. The zero-order valence-corrected chi connectivity index (χ0v) is 38.0. The average molecular weight is 872 g/mol. The molecule has 0 radical (unpaired) electrons. The number of nitrogens with zero attached hydrogens (tertiary/aromatic N) is 4. The van der Waals surface area contributed by atoms with Crippen molar-refractivity contribution in [3.63, 3.8) is 0 Å². The normalized spacial score (nSPS) is 17.3. The van der Waals surface area contributed by atoms with Gasteiger partial charge < -0.3 is 33.5 Å². The number of benzene rings is 6. The third-order valence-corrected chi connectivity index (χ3v) is 14.7. The highest BCUT2D eigenvalue weighted by molar-refractivity contribution is 8.00. The van der Waals surface area contributed by atoms with Gasteiger partial charge in [0.25, 0.3) is 0 Å². The summed E-state index contributed by atoms with van der Waals surface area (Å²) in [5, 5.41) is 21.7. The number of likely N-dealkylation sites (N-methyl/N-ethyl adjacent to an activating group) is 1. The van der Waals surface area contributed by atoms with Gasteiger partial charge in [0.1, 0.15) is 47.3 Å². The molecule has 5 aromatic carbocycles. The maximum absolute atomic E-state index is 10.0. The lowest BCUT2D eigenvalue weighted by Gasteiger charge is -2.36. The fourth-order valence-corrected chi connectivity index (χ4v) is 10.6. The second-order valence-corrected chi connectivity index (χ2v) is 18.1. The van der Waals surface area contributed by atoms with E-state index in [2.05, 4.69) is 145 Å². The van der Waals surface area contributed by atoms with Gasteiger partial charge in [0.15, 0.2) is 6.54 Å². The number of thioether (sulfide) groups is 1. The van der Waals surface area contributed by atoms with E-state index in [0.29, 0.717) is 19.1 Å². The monoisotopic (exact) mass is 871 g/mol. The van der Waals surface area contributed by atoms with Crippen LogP contribution in [0.25, 0.3) is 33.4 Å². The number of ether oxygens (including phenoxy) is 3. The van der Waals surface area contributed by atoms with E-state index >= 15 is 0 Å². The molecule has 10 heteroatoms. The molecule has 4 aliphatic rings. The fraction of sp³-hybridized carbons (Fsp3) is 0.296. The molecule has 0 amide bonds. The second kappa shape index (κ2) is 18.5. The van der Waals surface area contributed by atoms with Crippen LogP contribution in [0.3, 0.4) is 0 Å². The smallest absolute Gasteiger partial charge is 0.203 e. The van der Waals surface area contributed by atoms with Crippen LogP contribution in [0.5, 0.6) is 11.5 Å². The zero-order chi connectivity index (χ0) is 44.4. The van der Waals surface area contributed by atoms with Crippen LogP contribution in [0.1, 0.15) is 36.5 Å². The van der Waals surface area contributed by atoms with Crippen LogP contribution in [-0.4, -0.2) is 77.6 Å². The van der Waals surface area contributed by atoms with Crippen molar-refractivity contribution in [3.8, 4) is 40.0 Å². The molecule has 1 N–H and O–H groups in total. The molecule has 0 spiro atoms. The van der Waals surface area contributed by atoms with Gasteiger partial charge in [-0.2, -0.15) is 5.26 Å². The Hall–Kier alpha value is -6.25. The van der Waals surface area contributed by atoms with E-state index in [1.165, 1.54) is 0 Å². The number of aliphatic hydroxyl groups excluding tert-OH is 1. The van der Waals surface area contributed by atoms with E-state index in [4.69, 9.17) is 18.6 Å². The summed E-state index contributed by atoms with van der Waals surface area (Å²) < 4.78 is 27.5. The van der Waals surface area contributed by atoms with Gasteiger partial charge in [-0.1, -0.05) is 60.7 Å². The lowest BCUT2D eigenvalue weighted by Crippen LogP contribution is -2.39. The van der Waals surface area contributed by atoms with Gasteiger partial charge in [0, 0.05) is 66.0 Å². The maximum Gasteiger partial charge on any atom is 0.203 e. The van der Waals surface area contributed by atoms with Crippen molar-refractivity contribution in [2.24, 2.45) is 5.92 Å². The standard InChI is InChI=1S/C54H55N4O5S/c1-36-52(34-55)64-51-31-38(11-24-48(51)57(36)3)53-46-22-16-42(32-49(46)63-50-33-43(17-23-47(50)53)58-27-25-37(35-59)26-28-58)56(2)29-30-62-54(39-9-7-6-8-10-39,40-12-18-44(60-4)19-13-40)41-14-20-45(61-5)21-15-41/h6-24,31-33,36-37,52,59H,25-30,35H2,1-5H3/q+1. The topological polar surface area (TPSA) is 94.3 Å². The van der Waals surface area contributed by atoms with Gasteiger partial charge in [0.2, 0.25) is 5.36 Å². The Morgan fingerprint density at radius 3 is 2.14 bits per heavy atom. The minimum atomic E-state index is -0.925. The Morgan fingerprint density at radius 1 is 0.828 bits per heavy atom. The third-order valence-electron chi connectivity index (χ3n) is 13.3. The van der Waals surface area contributed by atoms with Crippen LogP contribution in [0.15, 0.2) is 143 Å². The van der Waals surface area contributed by atoms with E-state index in [9.17, 15) is 10.4 Å². The highest BCUT2D eigenvalue weighted by Gasteiger charge is 2.38. The van der Waals surface area contributed by atoms with Gasteiger partial charge in [0.05, 0.1) is 38.1 Å². The molecule has 2 atom stereocenters. The predicted molar refractivity (Wildman–Crippen MR) is 258 cm³/mol. The van der Waals surface area contributed by atoms with Crippen LogP contribution < -0.4 is 29.2 Å². The molecule has 3 heterocycles. The van der Waals surface area contributed by atoms with Crippen molar-refractivity contribution < 1.29 is 23.7 Å². The third kappa shape index (κ3) is 8.09. The maximum atomic E-state index is 10.0. The Bertz CT molecular complexity index is 2780. The lowest BCUT2D eigenvalue weighted by atomic mass is 9.80. The van der Waals surface area contributed by atoms with E-state index in [1.807, 2.05) is 30.3 Å². The van der Waals surface area contributed by atoms with Crippen LogP contribution in [0.4, 0.5) is 11.4 Å². The summed E-state index contributed by atoms with van der Waals surface area (Å²) in [5.74, 6) is 2.68. The first-order valence-electron chi connectivity index (χ1n) is 22.1. The van der Waals surface area contributed by atoms with Crippen molar-refractivity contribution in [2.75, 3.05) is 71.0 Å². The van der Waals surface area contributed by atoms with Crippen molar-refractivity contribution >= 4 is 34.1 Å². The van der Waals surface area contributed by atoms with Crippen LogP contribution in [0, 0.1) is 17.2 Å². The molecule has 0 aromatic heterocycles. The molecule has 1 saturated heterocycles. The van der Waals surface area contributed by atoms with Gasteiger partial charge in [-0.3, -0.25) is 0 Å². The molecule has 326 valence electrons. The molecule has 9 nitrogen and oxygen atoms in total. The SMILES string of the molecule is COc1ccc(C(OCC/[N+](C)=c2\ccc3c(-c4ccc5c(c4)SC(C#N)C(C)N5C)c4ccc(N5CCC(CO)CC5)cc4oc-3c2)(c2ccccc2)c2ccc(OC)cc2)cc1. The largest absolute Gasteiger partial charge is 0.497 e. The fourth-order valence-electron chi connectivity index (χ4n) is 9.37. The molecule has 1 fully saturated rings. The Labute approximate surface area is 380 Å². The summed E-state index contributed by atoms with van der Waals surface area (Å²) in [6.45, 7) is 5.14. The van der Waals surface area contributed by atoms with E-state index in [-0.39, 0.29) is 17.9 Å². The summed E-state index contributed by atoms with van der Waals surface area (Å²) in [5.41, 5.74) is 8.32. The van der Waals surface area contributed by atoms with Gasteiger partial charge in [-0.05, 0) is 103 Å². The van der Waals surface area contributed by atoms with E-state index in [1.54, 1.807) is 26.0 Å². The quantitative estimate of drug-likeness (QED) is 0.0732. The molecule has 9 rings (SSSR count). The Balaban J connectivity index is 1.12. The van der Waals surface area contributed by atoms with Crippen molar-refractivity contribution in [1.82, 2.24) is 4.58 Å². The number of piperidine rings is 1. The summed E-state index contributed by atoms with van der Waals surface area (Å²) in [6.07, 6.45) is 1.93. The molecular formula is C54H55N4O5S+. The lowest BCUT2D eigenvalue weighted by molar-refractivity contribution is 0.0136. The molecule has 5 aromatic rings. The summed E-state index contributed by atoms with van der Waals surface area (Å²) in [4.78, 5) is 5.72. The van der Waals surface area contributed by atoms with Gasteiger partial charge in [-0.25, -0.2) is 4.58 Å². The zero-order valence-electron chi connectivity index (χ0n) is 37.2. The molecule has 3 aliphatic heterocycles. The van der Waals surface area contributed by atoms with E-state index < -0.39 is 5.60 Å². The number of methoxy groups -OCH3 is 2. The predicted octanol–water partition coefficient (Wildman–Crippen LogP) is 9.66. The van der Waals surface area contributed by atoms with Crippen molar-refractivity contribution in [1.29, 1.82) is 5.26 Å². The minimum Gasteiger partial charge on any atom is -0.497 e. The first-order chi connectivity index (χ1) is 31.2. The minimum absolute atomic E-state index is 0.104. The summed E-state index contributed by atoms with van der Waals surface area (Å²) in [7, 11) is 7.53. The van der Waals surface area contributed by atoms with Gasteiger partial charge >= 0.3 is 0 Å². The summed E-state index contributed by atoms with van der Waals surface area (Å²) in [6, 6.07) is 49.0. The van der Waals surface area contributed by atoms with E-state index in [0.717, 1.165) is 109 Å². The highest BCUT2D eigenvalue weighted by atomic mass is 32.2. The first-order valence-corrected chi connectivity index (χ1v) is 22.9. The number of rotatable bonds is 12. The molecule has 64 heavy (non-hydrogen) atoms. The first kappa shape index (κ1) is 43.0. The number of fused-ring (bicyclic) bond motifs is 3. The molecule has 2 unspecified atom stereocenters. The van der Waals surface area contributed by atoms with Crippen LogP contribution in [-0.2, 0) is 10.3 Å². The number of hydrogen-bond acceptors (Lipinski definition) is 9. The molecule has 0 saturated carbocycles. The van der Waals surface area contributed by atoms with Crippen LogP contribution >= 0.6 is 11.8 Å². The van der Waals surface area contributed by atoms with Crippen LogP contribution in [0.2, 0.25) is 0 Å².